The third-order valence-electron chi connectivity index (χ3n) is 8.30. The van der Waals surface area contributed by atoms with Crippen molar-refractivity contribution in [1.82, 2.24) is 9.47 Å². The van der Waals surface area contributed by atoms with E-state index in [1.165, 1.54) is 23.3 Å². The van der Waals surface area contributed by atoms with E-state index in [2.05, 4.69) is 50.7 Å². The molecule has 1 aliphatic heterocycles. The largest absolute Gasteiger partial charge is 0.573 e. The summed E-state index contributed by atoms with van der Waals surface area (Å²) in [6, 6.07) is 19.7. The molecule has 0 radical (unpaired) electrons. The second-order valence-corrected chi connectivity index (χ2v) is 11.2. The van der Waals surface area contributed by atoms with Gasteiger partial charge in [-0.15, -0.1) is 13.2 Å². The van der Waals surface area contributed by atoms with Crippen LogP contribution in [0, 0.1) is 5.92 Å². The number of rotatable bonds is 11. The van der Waals surface area contributed by atoms with Crippen LogP contribution in [-0.2, 0) is 25.9 Å². The highest BCUT2D eigenvalue weighted by Crippen LogP contribution is 2.37. The number of hydrogen-bond acceptors (Lipinski definition) is 4. The Bertz CT molecular complexity index is 1490. The fourth-order valence-corrected chi connectivity index (χ4v) is 6.17. The molecule has 0 spiro atoms. The van der Waals surface area contributed by atoms with E-state index in [1.807, 2.05) is 19.1 Å². The van der Waals surface area contributed by atoms with Gasteiger partial charge in [-0.2, -0.15) is 0 Å². The molecule has 1 saturated heterocycles. The number of aryl methyl sites for hydroxylation is 2. The lowest BCUT2D eigenvalue weighted by atomic mass is 9.89. The predicted octanol–water partition coefficient (Wildman–Crippen LogP) is 7.58. The number of piperidine rings is 1. The number of halogens is 3. The normalized spacial score (nSPS) is 14.9. The molecule has 0 saturated carbocycles. The van der Waals surface area contributed by atoms with Crippen LogP contribution in [0.15, 0.2) is 66.9 Å². The number of benzene rings is 3. The van der Waals surface area contributed by atoms with E-state index in [-0.39, 0.29) is 5.75 Å². The molecular weight excluding hydrogens is 539 g/mol. The summed E-state index contributed by atoms with van der Waals surface area (Å²) in [6.07, 6.45) is 2.15. The Kier molecular flexibility index (Phi) is 9.43. The Hall–Kier alpha value is -3.49. The second-order valence-electron chi connectivity index (χ2n) is 11.2. The smallest absolute Gasteiger partial charge is 0.497 e. The molecule has 2 N–H and O–H groups in total. The minimum absolute atomic E-state index is 0.187. The van der Waals surface area contributed by atoms with Crippen molar-refractivity contribution >= 4 is 10.9 Å². The first kappa shape index (κ1) is 30.0. The number of methoxy groups -OCH3 is 1. The Labute approximate surface area is 246 Å². The van der Waals surface area contributed by atoms with Gasteiger partial charge in [0.15, 0.2) is 0 Å². The number of aromatic nitrogens is 1. The van der Waals surface area contributed by atoms with Crippen molar-refractivity contribution < 1.29 is 22.6 Å². The van der Waals surface area contributed by atoms with E-state index in [1.54, 1.807) is 13.2 Å². The fraction of sp³-hybridized carbons (Fsp3) is 0.412. The molecular formula is C34H40F3N3O2. The number of alkyl halides is 3. The van der Waals surface area contributed by atoms with Gasteiger partial charge in [0.05, 0.1) is 7.11 Å². The summed E-state index contributed by atoms with van der Waals surface area (Å²) in [7, 11) is 1.70. The lowest BCUT2D eigenvalue weighted by Crippen LogP contribution is -2.33. The molecule has 0 bridgehead atoms. The van der Waals surface area contributed by atoms with Crippen LogP contribution in [0.1, 0.15) is 42.9 Å². The van der Waals surface area contributed by atoms with Crippen molar-refractivity contribution in [1.29, 1.82) is 0 Å². The molecule has 0 unspecified atom stereocenters. The number of nitrogens with two attached hydrogens (primary N) is 1. The maximum absolute atomic E-state index is 12.9. The summed E-state index contributed by atoms with van der Waals surface area (Å²) in [6.45, 7) is 6.40. The summed E-state index contributed by atoms with van der Waals surface area (Å²) < 4.78 is 50.4. The van der Waals surface area contributed by atoms with E-state index in [0.717, 1.165) is 85.2 Å². The molecule has 8 heteroatoms. The van der Waals surface area contributed by atoms with Crippen LogP contribution in [-0.4, -0.2) is 42.6 Å². The minimum atomic E-state index is -4.72. The number of ether oxygens (including phenoxy) is 2. The highest BCUT2D eigenvalue weighted by Gasteiger charge is 2.31. The zero-order valence-corrected chi connectivity index (χ0v) is 24.4. The summed E-state index contributed by atoms with van der Waals surface area (Å²) >= 11 is 0. The first-order valence-electron chi connectivity index (χ1n) is 14.8. The van der Waals surface area contributed by atoms with E-state index >= 15 is 0 Å². The molecule has 5 nitrogen and oxygen atoms in total. The van der Waals surface area contributed by atoms with Crippen LogP contribution < -0.4 is 15.2 Å². The lowest BCUT2D eigenvalue weighted by molar-refractivity contribution is -0.274. The predicted molar refractivity (Wildman–Crippen MR) is 162 cm³/mol. The fourth-order valence-electron chi connectivity index (χ4n) is 6.17. The Morgan fingerprint density at radius 3 is 2.45 bits per heavy atom. The first-order chi connectivity index (χ1) is 20.3. The second kappa shape index (κ2) is 13.2. The van der Waals surface area contributed by atoms with Gasteiger partial charge < -0.3 is 19.8 Å². The summed E-state index contributed by atoms with van der Waals surface area (Å²) in [4.78, 5) is 2.52. The van der Waals surface area contributed by atoms with Crippen LogP contribution in [0.3, 0.4) is 0 Å². The van der Waals surface area contributed by atoms with Crippen LogP contribution in [0.4, 0.5) is 13.2 Å². The molecule has 42 heavy (non-hydrogen) atoms. The van der Waals surface area contributed by atoms with Gasteiger partial charge in [0.25, 0.3) is 0 Å². The zero-order valence-electron chi connectivity index (χ0n) is 24.4. The standard InChI is InChI=1S/C34H40F3N3O2/c1-3-27-21-29(42-34(35,36)37)9-10-30(27)32-23-40(15-5-14-38)33-11-8-25(20-31(32)33)18-24-12-16-39(17-13-24)22-26-6-4-7-28(19-26)41-2/h4,6-11,19-21,23-24H,3,5,12-18,22,38H2,1-2H3. The molecule has 1 aromatic heterocycles. The van der Waals surface area contributed by atoms with Gasteiger partial charge in [-0.1, -0.05) is 31.2 Å². The molecule has 2 heterocycles. The van der Waals surface area contributed by atoms with E-state index in [9.17, 15) is 13.2 Å². The van der Waals surface area contributed by atoms with Crippen LogP contribution in [0.25, 0.3) is 22.0 Å². The third-order valence-corrected chi connectivity index (χ3v) is 8.30. The quantitative estimate of drug-likeness (QED) is 0.199. The molecule has 224 valence electrons. The van der Waals surface area contributed by atoms with Gasteiger partial charge in [0.2, 0.25) is 0 Å². The number of likely N-dealkylation sites (tertiary alicyclic amines) is 1. The van der Waals surface area contributed by atoms with Crippen molar-refractivity contribution in [2.24, 2.45) is 11.7 Å². The van der Waals surface area contributed by atoms with Crippen LogP contribution >= 0.6 is 0 Å². The van der Waals surface area contributed by atoms with Crippen molar-refractivity contribution in [3.63, 3.8) is 0 Å². The summed E-state index contributed by atoms with van der Waals surface area (Å²) in [5, 5.41) is 1.12. The molecule has 0 amide bonds. The minimum Gasteiger partial charge on any atom is -0.497 e. The molecule has 0 aliphatic carbocycles. The van der Waals surface area contributed by atoms with Gasteiger partial charge in [0.1, 0.15) is 11.5 Å². The average molecular weight is 580 g/mol. The highest BCUT2D eigenvalue weighted by molar-refractivity contribution is 5.97. The van der Waals surface area contributed by atoms with Crippen molar-refractivity contribution in [3.05, 3.63) is 83.6 Å². The van der Waals surface area contributed by atoms with Gasteiger partial charge in [-0.05, 0) is 116 Å². The molecule has 5 rings (SSSR count). The van der Waals surface area contributed by atoms with Gasteiger partial charge in [0, 0.05) is 35.8 Å². The molecule has 1 fully saturated rings. The number of hydrogen-bond donors (Lipinski definition) is 1. The van der Waals surface area contributed by atoms with Crippen molar-refractivity contribution in [2.45, 2.75) is 58.5 Å². The van der Waals surface area contributed by atoms with E-state index in [0.29, 0.717) is 18.9 Å². The summed E-state index contributed by atoms with van der Waals surface area (Å²) in [5.74, 6) is 1.32. The molecule has 1 aliphatic rings. The molecule has 4 aromatic rings. The summed E-state index contributed by atoms with van der Waals surface area (Å²) in [5.41, 5.74) is 12.3. The van der Waals surface area contributed by atoms with Crippen LogP contribution in [0.2, 0.25) is 0 Å². The van der Waals surface area contributed by atoms with Crippen molar-refractivity contribution in [3.8, 4) is 22.6 Å². The Morgan fingerprint density at radius 1 is 0.929 bits per heavy atom. The SMILES string of the molecule is CCc1cc(OC(F)(F)F)ccc1-c1cn(CCCN)c2ccc(CC3CCN(Cc4cccc(OC)c4)CC3)cc12. The Balaban J connectivity index is 1.35. The van der Waals surface area contributed by atoms with Gasteiger partial charge in [-0.3, -0.25) is 4.90 Å². The number of fused-ring (bicyclic) bond motifs is 1. The monoisotopic (exact) mass is 579 g/mol. The topological polar surface area (TPSA) is 52.7 Å². The van der Waals surface area contributed by atoms with Crippen molar-refractivity contribution in [2.75, 3.05) is 26.7 Å². The van der Waals surface area contributed by atoms with Gasteiger partial charge in [-0.25, -0.2) is 0 Å². The zero-order chi connectivity index (χ0) is 29.7. The molecule has 3 aromatic carbocycles. The highest BCUT2D eigenvalue weighted by atomic mass is 19.4. The van der Waals surface area contributed by atoms with E-state index in [4.69, 9.17) is 10.5 Å². The third kappa shape index (κ3) is 7.28. The first-order valence-corrected chi connectivity index (χ1v) is 14.8. The Morgan fingerprint density at radius 2 is 1.74 bits per heavy atom. The molecule has 0 atom stereocenters. The lowest BCUT2D eigenvalue weighted by Gasteiger charge is -2.32. The van der Waals surface area contributed by atoms with E-state index < -0.39 is 6.36 Å². The average Bonchev–Trinajstić information content (AvgIpc) is 3.33. The number of nitrogens with zero attached hydrogens (tertiary/aromatic N) is 2. The maximum atomic E-state index is 12.9. The van der Waals surface area contributed by atoms with Crippen LogP contribution in [0.5, 0.6) is 11.5 Å². The maximum Gasteiger partial charge on any atom is 0.573 e. The van der Waals surface area contributed by atoms with Gasteiger partial charge >= 0.3 is 6.36 Å².